The lowest BCUT2D eigenvalue weighted by Crippen LogP contribution is -2.42. The summed E-state index contributed by atoms with van der Waals surface area (Å²) in [6, 6.07) is 2.77. The summed E-state index contributed by atoms with van der Waals surface area (Å²) in [7, 11) is 2.10. The standard InChI is InChI=1S/C16H27NO/c1-16(2,3)14-5-6-15(17-4)13(10-14)9-12-7-8-18-11-12/h7-8,11,13-15,17H,5-6,9-10H2,1-4H3. The zero-order valence-corrected chi connectivity index (χ0v) is 12.2. The summed E-state index contributed by atoms with van der Waals surface area (Å²) in [6.07, 6.45) is 8.83. The van der Waals surface area contributed by atoms with Crippen molar-refractivity contribution in [3.05, 3.63) is 24.2 Å². The summed E-state index contributed by atoms with van der Waals surface area (Å²) in [6.45, 7) is 7.14. The van der Waals surface area contributed by atoms with Crippen LogP contribution in [0.5, 0.6) is 0 Å². The predicted octanol–water partition coefficient (Wildman–Crippen LogP) is 3.87. The van der Waals surface area contributed by atoms with Crippen LogP contribution in [0.1, 0.15) is 45.6 Å². The molecule has 1 saturated carbocycles. The van der Waals surface area contributed by atoms with Gasteiger partial charge in [0.15, 0.2) is 0 Å². The Morgan fingerprint density at radius 2 is 2.11 bits per heavy atom. The van der Waals surface area contributed by atoms with Gasteiger partial charge in [-0.2, -0.15) is 0 Å². The molecule has 0 bridgehead atoms. The van der Waals surface area contributed by atoms with E-state index >= 15 is 0 Å². The Hall–Kier alpha value is -0.760. The molecule has 0 aromatic carbocycles. The fraction of sp³-hybridized carbons (Fsp3) is 0.750. The molecule has 2 heteroatoms. The van der Waals surface area contributed by atoms with E-state index in [1.165, 1.54) is 24.8 Å². The van der Waals surface area contributed by atoms with Crippen LogP contribution in [0.3, 0.4) is 0 Å². The van der Waals surface area contributed by atoms with Crippen LogP contribution >= 0.6 is 0 Å². The van der Waals surface area contributed by atoms with Crippen molar-refractivity contribution >= 4 is 0 Å². The van der Waals surface area contributed by atoms with Gasteiger partial charge < -0.3 is 9.73 Å². The molecule has 0 amide bonds. The Morgan fingerprint density at radius 1 is 1.33 bits per heavy atom. The minimum atomic E-state index is 0.438. The first-order valence-electron chi connectivity index (χ1n) is 7.19. The van der Waals surface area contributed by atoms with E-state index < -0.39 is 0 Å². The van der Waals surface area contributed by atoms with Gasteiger partial charge in [0.05, 0.1) is 12.5 Å². The van der Waals surface area contributed by atoms with Gasteiger partial charge >= 0.3 is 0 Å². The Balaban J connectivity index is 2.04. The van der Waals surface area contributed by atoms with Crippen molar-refractivity contribution in [1.29, 1.82) is 0 Å². The highest BCUT2D eigenvalue weighted by molar-refractivity contribution is 5.08. The largest absolute Gasteiger partial charge is 0.472 e. The fourth-order valence-corrected chi connectivity index (χ4v) is 3.37. The zero-order valence-electron chi connectivity index (χ0n) is 12.2. The third-order valence-electron chi connectivity index (χ3n) is 4.66. The second kappa shape index (κ2) is 5.48. The number of nitrogens with one attached hydrogen (secondary N) is 1. The van der Waals surface area contributed by atoms with E-state index in [0.29, 0.717) is 11.5 Å². The molecule has 3 unspecified atom stereocenters. The first-order valence-corrected chi connectivity index (χ1v) is 7.19. The monoisotopic (exact) mass is 249 g/mol. The SMILES string of the molecule is CNC1CCC(C(C)(C)C)CC1Cc1ccoc1. The van der Waals surface area contributed by atoms with Gasteiger partial charge in [-0.25, -0.2) is 0 Å². The predicted molar refractivity (Wildman–Crippen MR) is 75.5 cm³/mol. The molecule has 0 saturated heterocycles. The van der Waals surface area contributed by atoms with Crippen molar-refractivity contribution in [1.82, 2.24) is 5.32 Å². The number of furan rings is 1. The van der Waals surface area contributed by atoms with E-state index in [1.807, 2.05) is 6.26 Å². The topological polar surface area (TPSA) is 25.2 Å². The second-order valence-electron chi connectivity index (χ2n) is 6.87. The summed E-state index contributed by atoms with van der Waals surface area (Å²) in [4.78, 5) is 0. The maximum absolute atomic E-state index is 5.20. The molecule has 102 valence electrons. The molecule has 1 aromatic heterocycles. The minimum Gasteiger partial charge on any atom is -0.472 e. The number of hydrogen-bond donors (Lipinski definition) is 1. The summed E-state index contributed by atoms with van der Waals surface area (Å²) in [5.41, 5.74) is 1.78. The van der Waals surface area contributed by atoms with Gasteiger partial charge in [0.25, 0.3) is 0 Å². The Labute approximate surface area is 111 Å². The van der Waals surface area contributed by atoms with E-state index in [9.17, 15) is 0 Å². The molecule has 1 heterocycles. The molecular weight excluding hydrogens is 222 g/mol. The van der Waals surface area contributed by atoms with Crippen LogP contribution in [0.15, 0.2) is 23.0 Å². The highest BCUT2D eigenvalue weighted by Crippen LogP contribution is 2.41. The smallest absolute Gasteiger partial charge is 0.0934 e. The zero-order chi connectivity index (χ0) is 13.2. The van der Waals surface area contributed by atoms with Crippen LogP contribution in [-0.2, 0) is 6.42 Å². The molecule has 3 atom stereocenters. The first kappa shape index (κ1) is 13.7. The van der Waals surface area contributed by atoms with Crippen molar-refractivity contribution < 1.29 is 4.42 Å². The maximum Gasteiger partial charge on any atom is 0.0934 e. The van der Waals surface area contributed by atoms with Gasteiger partial charge in [0.2, 0.25) is 0 Å². The molecule has 0 radical (unpaired) electrons. The summed E-state index contributed by atoms with van der Waals surface area (Å²) in [5, 5.41) is 3.51. The van der Waals surface area contributed by atoms with Gasteiger partial charge in [-0.05, 0) is 61.6 Å². The van der Waals surface area contributed by atoms with E-state index in [2.05, 4.69) is 39.2 Å². The lowest BCUT2D eigenvalue weighted by atomic mass is 9.66. The quantitative estimate of drug-likeness (QED) is 0.879. The van der Waals surface area contributed by atoms with E-state index in [0.717, 1.165) is 18.3 Å². The van der Waals surface area contributed by atoms with Crippen LogP contribution in [0, 0.1) is 17.3 Å². The van der Waals surface area contributed by atoms with Crippen molar-refractivity contribution in [2.75, 3.05) is 7.05 Å². The highest BCUT2D eigenvalue weighted by atomic mass is 16.3. The maximum atomic E-state index is 5.20. The molecule has 1 aromatic rings. The third-order valence-corrected chi connectivity index (χ3v) is 4.66. The van der Waals surface area contributed by atoms with Crippen LogP contribution in [0.4, 0.5) is 0 Å². The molecule has 0 spiro atoms. The van der Waals surface area contributed by atoms with Gasteiger partial charge in [0, 0.05) is 6.04 Å². The van der Waals surface area contributed by atoms with Crippen molar-refractivity contribution in [3.63, 3.8) is 0 Å². The Morgan fingerprint density at radius 3 is 2.67 bits per heavy atom. The lowest BCUT2D eigenvalue weighted by molar-refractivity contribution is 0.116. The van der Waals surface area contributed by atoms with Crippen LogP contribution in [-0.4, -0.2) is 13.1 Å². The average Bonchev–Trinajstić information content (AvgIpc) is 2.80. The molecular formula is C16H27NO. The molecule has 0 aliphatic heterocycles. The van der Waals surface area contributed by atoms with Gasteiger partial charge in [-0.15, -0.1) is 0 Å². The van der Waals surface area contributed by atoms with Gasteiger partial charge in [-0.3, -0.25) is 0 Å². The Bertz CT molecular complexity index is 350. The van der Waals surface area contributed by atoms with Crippen LogP contribution in [0.2, 0.25) is 0 Å². The normalized spacial score (nSPS) is 29.4. The summed E-state index contributed by atoms with van der Waals surface area (Å²) in [5.74, 6) is 1.59. The Kier molecular flexibility index (Phi) is 4.16. The van der Waals surface area contributed by atoms with Crippen molar-refractivity contribution in [3.8, 4) is 0 Å². The fourth-order valence-electron chi connectivity index (χ4n) is 3.37. The summed E-state index contributed by atoms with van der Waals surface area (Å²) < 4.78 is 5.20. The molecule has 18 heavy (non-hydrogen) atoms. The van der Waals surface area contributed by atoms with Gasteiger partial charge in [0.1, 0.15) is 0 Å². The number of rotatable bonds is 3. The van der Waals surface area contributed by atoms with Crippen LogP contribution in [0.25, 0.3) is 0 Å². The van der Waals surface area contributed by atoms with E-state index in [1.54, 1.807) is 6.26 Å². The van der Waals surface area contributed by atoms with Crippen LogP contribution < -0.4 is 5.32 Å². The molecule has 2 nitrogen and oxygen atoms in total. The molecule has 1 fully saturated rings. The average molecular weight is 249 g/mol. The molecule has 1 aliphatic rings. The van der Waals surface area contributed by atoms with Crippen molar-refractivity contribution in [2.45, 2.75) is 52.5 Å². The molecule has 1 aliphatic carbocycles. The number of hydrogen-bond acceptors (Lipinski definition) is 2. The van der Waals surface area contributed by atoms with Crippen molar-refractivity contribution in [2.24, 2.45) is 17.3 Å². The van der Waals surface area contributed by atoms with E-state index in [4.69, 9.17) is 4.42 Å². The lowest BCUT2D eigenvalue weighted by Gasteiger charge is -2.42. The molecule has 2 rings (SSSR count). The summed E-state index contributed by atoms with van der Waals surface area (Å²) >= 11 is 0. The molecule has 1 N–H and O–H groups in total. The first-order chi connectivity index (χ1) is 8.50. The van der Waals surface area contributed by atoms with E-state index in [-0.39, 0.29) is 0 Å². The minimum absolute atomic E-state index is 0.438. The third kappa shape index (κ3) is 3.17. The highest BCUT2D eigenvalue weighted by Gasteiger charge is 2.35. The second-order valence-corrected chi connectivity index (χ2v) is 6.87. The van der Waals surface area contributed by atoms with Gasteiger partial charge in [-0.1, -0.05) is 20.8 Å².